The van der Waals surface area contributed by atoms with Crippen LogP contribution in [0.3, 0.4) is 0 Å². The molecule has 1 atom stereocenters. The van der Waals surface area contributed by atoms with Crippen molar-refractivity contribution >= 4 is 28.7 Å². The Morgan fingerprint density at radius 1 is 0.776 bits per heavy atom. The first-order valence-corrected chi connectivity index (χ1v) is 20.0. The standard InChI is InChI=1S/C43H52N8O7/c1-48-38-27-30(10-13-36(38)51(43(48)55)37-14-15-40(53)45-42(37)54)5-4-21-56-23-25-58-26-24-57-22-20-49-16-18-50(19-17-49)29-31-8-11-32(12-9-31)34-28-35(46-47-41(34)44)33-6-2-3-7-39(33)52/h2-3,6-13,27-28,37,52H,4-5,14-26,29H2,1H3,(H2,44,47)(H,45,53,54). The number of piperazine rings is 1. The lowest BCUT2D eigenvalue weighted by Crippen LogP contribution is -2.46. The number of amides is 2. The molecular formula is C43H52N8O7. The second-order valence-corrected chi connectivity index (χ2v) is 14.8. The largest absolute Gasteiger partial charge is 0.507 e. The van der Waals surface area contributed by atoms with Crippen LogP contribution in [0.4, 0.5) is 5.82 Å². The van der Waals surface area contributed by atoms with Gasteiger partial charge < -0.3 is 25.1 Å². The number of imidazole rings is 1. The molecule has 0 saturated carbocycles. The first-order valence-electron chi connectivity index (χ1n) is 20.0. The van der Waals surface area contributed by atoms with Gasteiger partial charge in [0.2, 0.25) is 11.8 Å². The number of aryl methyl sites for hydroxylation is 2. The van der Waals surface area contributed by atoms with Crippen molar-refractivity contribution in [1.82, 2.24) is 34.4 Å². The third-order valence-electron chi connectivity index (χ3n) is 10.9. The molecule has 1 unspecified atom stereocenters. The zero-order chi connectivity index (χ0) is 40.4. The van der Waals surface area contributed by atoms with E-state index in [0.717, 1.165) is 74.3 Å². The van der Waals surface area contributed by atoms with Gasteiger partial charge in [-0.2, -0.15) is 0 Å². The number of aromatic nitrogens is 4. The molecule has 4 heterocycles. The summed E-state index contributed by atoms with van der Waals surface area (Å²) in [5.41, 5.74) is 12.6. The first-order chi connectivity index (χ1) is 28.2. The van der Waals surface area contributed by atoms with Crippen molar-refractivity contribution in [2.45, 2.75) is 38.3 Å². The number of carbonyl (C=O) groups is 2. The minimum atomic E-state index is -0.688. The highest BCUT2D eigenvalue weighted by molar-refractivity contribution is 6.00. The molecular weight excluding hydrogens is 741 g/mol. The summed E-state index contributed by atoms with van der Waals surface area (Å²) in [7, 11) is 1.70. The van der Waals surface area contributed by atoms with Gasteiger partial charge >= 0.3 is 5.69 Å². The number of carbonyl (C=O) groups excluding carboxylic acids is 2. The molecule has 2 saturated heterocycles. The first kappa shape index (κ1) is 40.7. The van der Waals surface area contributed by atoms with Crippen LogP contribution in [0.2, 0.25) is 0 Å². The lowest BCUT2D eigenvalue weighted by Gasteiger charge is -2.34. The van der Waals surface area contributed by atoms with E-state index in [1.807, 2.05) is 36.4 Å². The monoisotopic (exact) mass is 792 g/mol. The molecule has 2 fully saturated rings. The van der Waals surface area contributed by atoms with Crippen LogP contribution >= 0.6 is 0 Å². The normalized spacial score (nSPS) is 16.6. The number of piperidine rings is 1. The molecule has 306 valence electrons. The number of nitrogens with one attached hydrogen (secondary N) is 1. The van der Waals surface area contributed by atoms with Crippen LogP contribution in [0.5, 0.6) is 5.75 Å². The fourth-order valence-electron chi connectivity index (χ4n) is 7.58. The maximum Gasteiger partial charge on any atom is 0.329 e. The molecule has 0 bridgehead atoms. The molecule has 0 aliphatic carbocycles. The van der Waals surface area contributed by atoms with Crippen molar-refractivity contribution in [1.29, 1.82) is 0 Å². The number of rotatable bonds is 18. The van der Waals surface area contributed by atoms with Crippen LogP contribution in [0.1, 0.15) is 36.4 Å². The van der Waals surface area contributed by atoms with E-state index < -0.39 is 11.9 Å². The molecule has 2 amide bonds. The number of hydrogen-bond donors (Lipinski definition) is 3. The molecule has 3 aromatic carbocycles. The number of nitrogens with zero attached hydrogens (tertiary/aromatic N) is 6. The number of nitrogen functional groups attached to an aromatic ring is 1. The lowest BCUT2D eigenvalue weighted by atomic mass is 10.0. The number of ether oxygens (including phenoxy) is 3. The second-order valence-electron chi connectivity index (χ2n) is 14.8. The molecule has 58 heavy (non-hydrogen) atoms. The number of nitrogens with two attached hydrogens (primary N) is 1. The van der Waals surface area contributed by atoms with Gasteiger partial charge in [0.1, 0.15) is 11.8 Å². The van der Waals surface area contributed by atoms with E-state index in [-0.39, 0.29) is 23.8 Å². The van der Waals surface area contributed by atoms with E-state index in [1.54, 1.807) is 23.7 Å². The third kappa shape index (κ3) is 9.97. The van der Waals surface area contributed by atoms with Crippen LogP contribution in [0, 0.1) is 0 Å². The van der Waals surface area contributed by atoms with Gasteiger partial charge in [-0.3, -0.25) is 33.8 Å². The van der Waals surface area contributed by atoms with E-state index in [4.69, 9.17) is 19.9 Å². The maximum absolute atomic E-state index is 13.0. The van der Waals surface area contributed by atoms with Gasteiger partial charge in [-0.15, -0.1) is 10.2 Å². The summed E-state index contributed by atoms with van der Waals surface area (Å²) in [5, 5.41) is 20.9. The topological polar surface area (TPSA) is 179 Å². The predicted octanol–water partition coefficient (Wildman–Crippen LogP) is 3.53. The quantitative estimate of drug-likeness (QED) is 0.0870. The van der Waals surface area contributed by atoms with Gasteiger partial charge in [-0.25, -0.2) is 4.79 Å². The van der Waals surface area contributed by atoms with Crippen molar-refractivity contribution in [3.63, 3.8) is 0 Å². The fraction of sp³-hybridized carbons (Fsp3) is 0.419. The van der Waals surface area contributed by atoms with Gasteiger partial charge in [0.15, 0.2) is 5.82 Å². The number of anilines is 1. The van der Waals surface area contributed by atoms with Gasteiger partial charge in [-0.1, -0.05) is 42.5 Å². The van der Waals surface area contributed by atoms with E-state index >= 15 is 0 Å². The smallest absolute Gasteiger partial charge is 0.329 e. The van der Waals surface area contributed by atoms with Crippen LogP contribution < -0.4 is 16.7 Å². The number of phenols is 1. The zero-order valence-corrected chi connectivity index (χ0v) is 33.0. The van der Waals surface area contributed by atoms with Crippen LogP contribution in [0.25, 0.3) is 33.4 Å². The number of imide groups is 1. The number of fused-ring (bicyclic) bond motifs is 1. The summed E-state index contributed by atoms with van der Waals surface area (Å²) in [6, 6.07) is 22.5. The van der Waals surface area contributed by atoms with Gasteiger partial charge in [0.25, 0.3) is 0 Å². The zero-order valence-electron chi connectivity index (χ0n) is 33.0. The van der Waals surface area contributed by atoms with E-state index in [0.29, 0.717) is 68.7 Å². The number of benzene rings is 3. The minimum Gasteiger partial charge on any atom is -0.507 e. The summed E-state index contributed by atoms with van der Waals surface area (Å²) < 4.78 is 20.3. The van der Waals surface area contributed by atoms with E-state index in [2.05, 4.69) is 49.6 Å². The number of aromatic hydroxyl groups is 1. The minimum absolute atomic E-state index is 0.151. The van der Waals surface area contributed by atoms with Crippen LogP contribution in [0.15, 0.2) is 77.6 Å². The van der Waals surface area contributed by atoms with Crippen LogP contribution in [-0.4, -0.2) is 118 Å². The summed E-state index contributed by atoms with van der Waals surface area (Å²) in [4.78, 5) is 41.9. The predicted molar refractivity (Wildman–Crippen MR) is 220 cm³/mol. The summed E-state index contributed by atoms with van der Waals surface area (Å²) in [5.74, 6) is -0.239. The Labute approximate surface area is 337 Å². The van der Waals surface area contributed by atoms with E-state index in [9.17, 15) is 19.5 Å². The van der Waals surface area contributed by atoms with Crippen molar-refractivity contribution in [2.24, 2.45) is 7.05 Å². The van der Waals surface area contributed by atoms with Gasteiger partial charge in [-0.05, 0) is 66.3 Å². The fourth-order valence-corrected chi connectivity index (χ4v) is 7.58. The molecule has 2 aromatic heterocycles. The van der Waals surface area contributed by atoms with Crippen LogP contribution in [-0.2, 0) is 43.8 Å². The number of para-hydroxylation sites is 1. The highest BCUT2D eigenvalue weighted by Crippen LogP contribution is 2.32. The summed E-state index contributed by atoms with van der Waals surface area (Å²) in [6.07, 6.45) is 2.14. The van der Waals surface area contributed by atoms with Crippen molar-refractivity contribution in [2.75, 3.05) is 78.1 Å². The Kier molecular flexibility index (Phi) is 13.6. The molecule has 15 nitrogen and oxygen atoms in total. The SMILES string of the molecule is Cn1c(=O)n(C2CCC(=O)NC2=O)c2ccc(CCCOCCOCCOCCN3CCN(Cc4ccc(-c5cc(-c6ccccc6O)nnc5N)cc4)CC3)cc21. The number of hydrogen-bond acceptors (Lipinski definition) is 12. The van der Waals surface area contributed by atoms with Crippen molar-refractivity contribution in [3.8, 4) is 28.1 Å². The second kappa shape index (κ2) is 19.3. The average molecular weight is 793 g/mol. The lowest BCUT2D eigenvalue weighted by molar-refractivity contribution is -0.135. The molecule has 15 heteroatoms. The molecule has 2 aliphatic rings. The maximum atomic E-state index is 13.0. The van der Waals surface area contributed by atoms with Crippen molar-refractivity contribution in [3.05, 3.63) is 94.4 Å². The van der Waals surface area contributed by atoms with Gasteiger partial charge in [0, 0.05) is 70.5 Å². The molecule has 2 aliphatic heterocycles. The Bertz CT molecular complexity index is 2250. The van der Waals surface area contributed by atoms with Gasteiger partial charge in [0.05, 0.1) is 49.8 Å². The van der Waals surface area contributed by atoms with E-state index in [1.165, 1.54) is 10.1 Å². The summed E-state index contributed by atoms with van der Waals surface area (Å²) >= 11 is 0. The Morgan fingerprint density at radius 3 is 2.21 bits per heavy atom. The van der Waals surface area contributed by atoms with Crippen molar-refractivity contribution < 1.29 is 28.9 Å². The highest BCUT2D eigenvalue weighted by Gasteiger charge is 2.31. The molecule has 0 radical (unpaired) electrons. The molecule has 0 spiro atoms. The Balaban J connectivity index is 0.722. The molecule has 4 N–H and O–H groups in total. The highest BCUT2D eigenvalue weighted by atomic mass is 16.5. The third-order valence-corrected chi connectivity index (χ3v) is 10.9. The number of phenolic OH excluding ortho intramolecular Hbond substituents is 1. The Hall–Kier alpha value is -5.45. The molecule has 7 rings (SSSR count). The Morgan fingerprint density at radius 2 is 1.47 bits per heavy atom. The summed E-state index contributed by atoms with van der Waals surface area (Å²) in [6.45, 7) is 9.09. The average Bonchev–Trinajstić information content (AvgIpc) is 3.47. The molecule has 5 aromatic rings.